The molecule has 1 heterocycles. The van der Waals surface area contributed by atoms with E-state index in [0.717, 1.165) is 6.20 Å². The molecule has 0 atom stereocenters. The maximum Gasteiger partial charge on any atom is 0.280 e. The Balaban J connectivity index is 3.40. The van der Waals surface area contributed by atoms with Gasteiger partial charge in [-0.25, -0.2) is 8.78 Å². The first-order valence-electron chi connectivity index (χ1n) is 3.58. The summed E-state index contributed by atoms with van der Waals surface area (Å²) in [4.78, 5) is 14.0. The fraction of sp³-hybridized carbons (Fsp3) is 0.250. The van der Waals surface area contributed by atoms with E-state index >= 15 is 0 Å². The Hall–Kier alpha value is -0.740. The molecule has 0 amide bonds. The van der Waals surface area contributed by atoms with E-state index < -0.39 is 12.1 Å². The maximum absolute atomic E-state index is 12.4. The van der Waals surface area contributed by atoms with Gasteiger partial charge in [0, 0.05) is 17.3 Å². The third-order valence-corrected chi connectivity index (χ3v) is 2.24. The first-order chi connectivity index (χ1) is 6.61. The molecule has 0 radical (unpaired) electrons. The minimum Gasteiger partial charge on any atom is -0.298 e. The standard InChI is InChI=1S/C8H5Cl2F2NO/c9-1-4-5(3-14)6(10)2-13-7(4)8(11)12/h2-3,8H,1H2. The van der Waals surface area contributed by atoms with Crippen molar-refractivity contribution >= 4 is 29.5 Å². The van der Waals surface area contributed by atoms with Gasteiger partial charge in [-0.1, -0.05) is 11.6 Å². The molecule has 6 heteroatoms. The highest BCUT2D eigenvalue weighted by molar-refractivity contribution is 6.33. The molecule has 14 heavy (non-hydrogen) atoms. The average molecular weight is 240 g/mol. The van der Waals surface area contributed by atoms with E-state index in [1.54, 1.807) is 0 Å². The number of carbonyl (C=O) groups excluding carboxylic acids is 1. The highest BCUT2D eigenvalue weighted by atomic mass is 35.5. The lowest BCUT2D eigenvalue weighted by Gasteiger charge is -2.08. The van der Waals surface area contributed by atoms with Crippen LogP contribution in [0.25, 0.3) is 0 Å². The zero-order valence-corrected chi connectivity index (χ0v) is 8.32. The number of pyridine rings is 1. The summed E-state index contributed by atoms with van der Waals surface area (Å²) in [6.45, 7) is 0. The van der Waals surface area contributed by atoms with E-state index in [1.165, 1.54) is 0 Å². The number of halogens is 4. The normalized spacial score (nSPS) is 10.6. The molecule has 1 rings (SSSR count). The smallest absolute Gasteiger partial charge is 0.280 e. The largest absolute Gasteiger partial charge is 0.298 e. The summed E-state index contributed by atoms with van der Waals surface area (Å²) in [7, 11) is 0. The van der Waals surface area contributed by atoms with Gasteiger partial charge < -0.3 is 0 Å². The summed E-state index contributed by atoms with van der Waals surface area (Å²) in [5.74, 6) is -0.221. The number of aldehydes is 1. The van der Waals surface area contributed by atoms with Crippen molar-refractivity contribution in [2.24, 2.45) is 0 Å². The number of hydrogen-bond acceptors (Lipinski definition) is 2. The van der Waals surface area contributed by atoms with Gasteiger partial charge in [0.1, 0.15) is 5.69 Å². The molecule has 0 unspecified atom stereocenters. The van der Waals surface area contributed by atoms with Crippen molar-refractivity contribution in [1.82, 2.24) is 4.98 Å². The molecule has 0 N–H and O–H groups in total. The highest BCUT2D eigenvalue weighted by Crippen LogP contribution is 2.27. The Morgan fingerprint density at radius 3 is 2.64 bits per heavy atom. The maximum atomic E-state index is 12.4. The number of alkyl halides is 3. The summed E-state index contributed by atoms with van der Waals surface area (Å²) in [5, 5.41) is 0.0278. The van der Waals surface area contributed by atoms with Gasteiger partial charge in [-0.15, -0.1) is 11.6 Å². The second-order valence-electron chi connectivity index (χ2n) is 2.44. The Morgan fingerprint density at radius 1 is 1.57 bits per heavy atom. The zero-order chi connectivity index (χ0) is 10.7. The van der Waals surface area contributed by atoms with Crippen LogP contribution < -0.4 is 0 Å². The van der Waals surface area contributed by atoms with Crippen LogP contribution in [0.3, 0.4) is 0 Å². The molecular formula is C8H5Cl2F2NO. The summed E-state index contributed by atoms with van der Waals surface area (Å²) in [6.07, 6.45) is -1.35. The molecule has 1 aromatic heterocycles. The lowest BCUT2D eigenvalue weighted by molar-refractivity contribution is 0.112. The number of carbonyl (C=O) groups is 1. The first-order valence-corrected chi connectivity index (χ1v) is 4.49. The van der Waals surface area contributed by atoms with Crippen molar-refractivity contribution in [3.63, 3.8) is 0 Å². The number of hydrogen-bond donors (Lipinski definition) is 0. The van der Waals surface area contributed by atoms with E-state index in [2.05, 4.69) is 4.98 Å². The van der Waals surface area contributed by atoms with E-state index in [4.69, 9.17) is 23.2 Å². The van der Waals surface area contributed by atoms with Gasteiger partial charge in [0.2, 0.25) is 0 Å². The molecule has 0 aliphatic carbocycles. The molecule has 2 nitrogen and oxygen atoms in total. The molecule has 0 bridgehead atoms. The molecule has 0 spiro atoms. The van der Waals surface area contributed by atoms with Crippen LogP contribution in [0.15, 0.2) is 6.20 Å². The van der Waals surface area contributed by atoms with E-state index in [0.29, 0.717) is 6.29 Å². The molecule has 76 valence electrons. The van der Waals surface area contributed by atoms with Crippen LogP contribution in [0.4, 0.5) is 8.78 Å². The van der Waals surface area contributed by atoms with Gasteiger partial charge in [-0.2, -0.15) is 0 Å². The van der Waals surface area contributed by atoms with Crippen molar-refractivity contribution in [3.05, 3.63) is 28.0 Å². The van der Waals surface area contributed by atoms with Crippen LogP contribution in [0, 0.1) is 0 Å². The molecule has 0 aromatic carbocycles. The number of nitrogens with zero attached hydrogens (tertiary/aromatic N) is 1. The summed E-state index contributed by atoms with van der Waals surface area (Å²) in [6, 6.07) is 0. The monoisotopic (exact) mass is 239 g/mol. The van der Waals surface area contributed by atoms with Crippen LogP contribution >= 0.6 is 23.2 Å². The third-order valence-electron chi connectivity index (χ3n) is 1.67. The summed E-state index contributed by atoms with van der Waals surface area (Å²) < 4.78 is 24.8. The molecule has 0 saturated carbocycles. The predicted octanol–water partition coefficient (Wildman–Crippen LogP) is 3.22. The van der Waals surface area contributed by atoms with Gasteiger partial charge in [-0.05, 0) is 0 Å². The summed E-state index contributed by atoms with van der Waals surface area (Å²) in [5.41, 5.74) is -0.525. The van der Waals surface area contributed by atoms with Crippen LogP contribution in [-0.4, -0.2) is 11.3 Å². The number of aromatic nitrogens is 1. The van der Waals surface area contributed by atoms with Crippen molar-refractivity contribution < 1.29 is 13.6 Å². The highest BCUT2D eigenvalue weighted by Gasteiger charge is 2.19. The van der Waals surface area contributed by atoms with Crippen molar-refractivity contribution in [2.75, 3.05) is 0 Å². The van der Waals surface area contributed by atoms with Crippen molar-refractivity contribution in [3.8, 4) is 0 Å². The van der Waals surface area contributed by atoms with Crippen LogP contribution in [0.5, 0.6) is 0 Å². The Bertz CT molecular complexity index is 357. The quantitative estimate of drug-likeness (QED) is 0.599. The molecule has 0 saturated heterocycles. The third kappa shape index (κ3) is 2.01. The molecule has 1 aromatic rings. The predicted molar refractivity (Wildman–Crippen MR) is 49.1 cm³/mol. The Labute approximate surface area is 88.8 Å². The van der Waals surface area contributed by atoms with Gasteiger partial charge in [0.05, 0.1) is 10.9 Å². The fourth-order valence-corrected chi connectivity index (χ4v) is 1.50. The average Bonchev–Trinajstić information content (AvgIpc) is 2.16. The van der Waals surface area contributed by atoms with Gasteiger partial charge in [-0.3, -0.25) is 9.78 Å². The zero-order valence-electron chi connectivity index (χ0n) is 6.81. The topological polar surface area (TPSA) is 30.0 Å². The SMILES string of the molecule is O=Cc1c(Cl)cnc(C(F)F)c1CCl. The van der Waals surface area contributed by atoms with Crippen LogP contribution in [0.1, 0.15) is 28.0 Å². The molecular weight excluding hydrogens is 235 g/mol. The van der Waals surface area contributed by atoms with E-state index in [9.17, 15) is 13.6 Å². The van der Waals surface area contributed by atoms with Gasteiger partial charge >= 0.3 is 0 Å². The van der Waals surface area contributed by atoms with E-state index in [1.807, 2.05) is 0 Å². The minimum atomic E-state index is -2.76. The molecule has 0 fully saturated rings. The Morgan fingerprint density at radius 2 is 2.21 bits per heavy atom. The fourth-order valence-electron chi connectivity index (χ4n) is 1.01. The van der Waals surface area contributed by atoms with Crippen molar-refractivity contribution in [1.29, 1.82) is 0 Å². The second-order valence-corrected chi connectivity index (χ2v) is 3.11. The van der Waals surface area contributed by atoms with Gasteiger partial charge in [0.25, 0.3) is 6.43 Å². The van der Waals surface area contributed by atoms with E-state index in [-0.39, 0.29) is 22.0 Å². The van der Waals surface area contributed by atoms with Crippen molar-refractivity contribution in [2.45, 2.75) is 12.3 Å². The summed E-state index contributed by atoms with van der Waals surface area (Å²) >= 11 is 11.0. The van der Waals surface area contributed by atoms with Gasteiger partial charge in [0.15, 0.2) is 6.29 Å². The van der Waals surface area contributed by atoms with Crippen LogP contribution in [0.2, 0.25) is 5.02 Å². The molecule has 0 aliphatic rings. The number of rotatable bonds is 3. The molecule has 0 aliphatic heterocycles. The minimum absolute atomic E-state index is 0.0100. The lowest BCUT2D eigenvalue weighted by Crippen LogP contribution is -2.02. The second kappa shape index (κ2) is 4.66. The Kier molecular flexibility index (Phi) is 3.77. The first kappa shape index (κ1) is 11.3. The van der Waals surface area contributed by atoms with Crippen LogP contribution in [-0.2, 0) is 5.88 Å². The lowest BCUT2D eigenvalue weighted by atomic mass is 10.1.